The number of aliphatic carboxylic acids is 1. The normalized spacial score (nSPS) is 10.5. The van der Waals surface area contributed by atoms with Crippen LogP contribution >= 0.6 is 11.8 Å². The van der Waals surface area contributed by atoms with Gasteiger partial charge in [0.15, 0.2) is 0 Å². The highest BCUT2D eigenvalue weighted by atomic mass is 32.2. The zero-order valence-electron chi connectivity index (χ0n) is 7.23. The maximum absolute atomic E-state index is 10.2. The molecule has 0 saturated heterocycles. The number of thioether (sulfide) groups is 1. The lowest BCUT2D eigenvalue weighted by molar-refractivity contribution is -0.131. The third kappa shape index (κ3) is 3.34. The van der Waals surface area contributed by atoms with Crippen molar-refractivity contribution in [3.05, 3.63) is 35.9 Å². The second-order valence-corrected chi connectivity index (χ2v) is 3.32. The number of benzene rings is 1. The molecule has 0 radical (unpaired) electrons. The summed E-state index contributed by atoms with van der Waals surface area (Å²) >= 11 is 1.66. The Kier molecular flexibility index (Phi) is 3.58. The second-order valence-electron chi connectivity index (χ2n) is 2.44. The lowest BCUT2D eigenvalue weighted by atomic mass is 10.2. The highest BCUT2D eigenvalue weighted by Crippen LogP contribution is 2.15. The summed E-state index contributed by atoms with van der Waals surface area (Å²) in [6.07, 6.45) is 4.71. The van der Waals surface area contributed by atoms with Gasteiger partial charge < -0.3 is 5.11 Å². The van der Waals surface area contributed by atoms with Crippen molar-refractivity contribution in [1.82, 2.24) is 0 Å². The third-order valence-corrected chi connectivity index (χ3v) is 2.28. The maximum atomic E-state index is 10.2. The van der Waals surface area contributed by atoms with Gasteiger partial charge in [-0.2, -0.15) is 0 Å². The summed E-state index contributed by atoms with van der Waals surface area (Å²) in [5.41, 5.74) is 0.903. The summed E-state index contributed by atoms with van der Waals surface area (Å²) in [5, 5.41) is 8.38. The molecule has 0 spiro atoms. The van der Waals surface area contributed by atoms with Crippen molar-refractivity contribution in [2.45, 2.75) is 4.90 Å². The molecule has 1 aromatic rings. The first kappa shape index (κ1) is 9.86. The summed E-state index contributed by atoms with van der Waals surface area (Å²) < 4.78 is 0. The van der Waals surface area contributed by atoms with E-state index in [-0.39, 0.29) is 0 Å². The minimum absolute atomic E-state index is 0.903. The van der Waals surface area contributed by atoms with Crippen LogP contribution in [0.25, 0.3) is 6.08 Å². The molecule has 0 aromatic heterocycles. The molecule has 0 aliphatic heterocycles. The van der Waals surface area contributed by atoms with Gasteiger partial charge >= 0.3 is 5.97 Å². The Morgan fingerprint density at radius 3 is 2.46 bits per heavy atom. The summed E-state index contributed by atoms with van der Waals surface area (Å²) in [7, 11) is 0. The molecule has 0 unspecified atom stereocenters. The Bertz CT molecular complexity index is 314. The van der Waals surface area contributed by atoms with Gasteiger partial charge in [0.2, 0.25) is 0 Å². The lowest BCUT2D eigenvalue weighted by Gasteiger charge is -1.95. The minimum atomic E-state index is -0.922. The SMILES string of the molecule is CSc1ccc(/C=C\C(=O)O)cc1. The van der Waals surface area contributed by atoms with E-state index in [9.17, 15) is 4.79 Å². The Labute approximate surface area is 81.3 Å². The Balaban J connectivity index is 2.75. The van der Waals surface area contributed by atoms with Gasteiger partial charge in [-0.15, -0.1) is 11.8 Å². The molecule has 0 fully saturated rings. The first-order valence-corrected chi connectivity index (χ1v) is 5.00. The molecule has 1 rings (SSSR count). The fourth-order valence-corrected chi connectivity index (χ4v) is 1.29. The van der Waals surface area contributed by atoms with Crippen LogP contribution in [0.2, 0.25) is 0 Å². The van der Waals surface area contributed by atoms with E-state index in [1.807, 2.05) is 30.5 Å². The Morgan fingerprint density at radius 2 is 2.00 bits per heavy atom. The van der Waals surface area contributed by atoms with E-state index in [0.29, 0.717) is 0 Å². The number of carboxylic acid groups (broad SMARTS) is 1. The van der Waals surface area contributed by atoms with Gasteiger partial charge in [0.25, 0.3) is 0 Å². The Morgan fingerprint density at radius 1 is 1.38 bits per heavy atom. The molecule has 2 nitrogen and oxygen atoms in total. The fourth-order valence-electron chi connectivity index (χ4n) is 0.883. The van der Waals surface area contributed by atoms with Crippen molar-refractivity contribution in [2.75, 3.05) is 6.26 Å². The average Bonchev–Trinajstić information content (AvgIpc) is 2.15. The van der Waals surface area contributed by atoms with Gasteiger partial charge in [0, 0.05) is 11.0 Å². The van der Waals surface area contributed by atoms with E-state index in [4.69, 9.17) is 5.11 Å². The summed E-state index contributed by atoms with van der Waals surface area (Å²) in [6.45, 7) is 0. The predicted octanol–water partition coefficient (Wildman–Crippen LogP) is 2.51. The predicted molar refractivity (Wildman–Crippen MR) is 54.9 cm³/mol. The van der Waals surface area contributed by atoms with E-state index >= 15 is 0 Å². The first-order valence-electron chi connectivity index (χ1n) is 3.77. The molecule has 13 heavy (non-hydrogen) atoms. The van der Waals surface area contributed by atoms with E-state index in [1.165, 1.54) is 4.90 Å². The molecule has 0 bridgehead atoms. The first-order chi connectivity index (χ1) is 6.22. The molecule has 1 N–H and O–H groups in total. The van der Waals surface area contributed by atoms with Gasteiger partial charge in [-0.05, 0) is 30.0 Å². The standard InChI is InChI=1S/C10H10O2S/c1-13-9-5-2-8(3-6-9)4-7-10(11)12/h2-7H,1H3,(H,11,12)/b7-4-. The molecular weight excluding hydrogens is 184 g/mol. The van der Waals surface area contributed by atoms with Crippen LogP contribution in [0.5, 0.6) is 0 Å². The van der Waals surface area contributed by atoms with Crippen LogP contribution in [-0.4, -0.2) is 17.3 Å². The lowest BCUT2D eigenvalue weighted by Crippen LogP contribution is -1.85. The zero-order valence-corrected chi connectivity index (χ0v) is 8.04. The van der Waals surface area contributed by atoms with Crippen LogP contribution in [0.15, 0.2) is 35.2 Å². The van der Waals surface area contributed by atoms with Crippen molar-refractivity contribution < 1.29 is 9.90 Å². The quantitative estimate of drug-likeness (QED) is 0.593. The number of hydrogen-bond donors (Lipinski definition) is 1. The number of hydrogen-bond acceptors (Lipinski definition) is 2. The molecule has 0 aliphatic carbocycles. The highest BCUT2D eigenvalue weighted by Gasteiger charge is 1.90. The van der Waals surface area contributed by atoms with Gasteiger partial charge in [-0.1, -0.05) is 12.1 Å². The van der Waals surface area contributed by atoms with Crippen LogP contribution < -0.4 is 0 Å². The van der Waals surface area contributed by atoms with E-state index in [0.717, 1.165) is 11.6 Å². The van der Waals surface area contributed by atoms with E-state index in [1.54, 1.807) is 17.8 Å². The van der Waals surface area contributed by atoms with Crippen molar-refractivity contribution >= 4 is 23.8 Å². The van der Waals surface area contributed by atoms with E-state index < -0.39 is 5.97 Å². The second kappa shape index (κ2) is 4.72. The molecule has 0 amide bonds. The molecule has 0 saturated carbocycles. The largest absolute Gasteiger partial charge is 0.478 e. The smallest absolute Gasteiger partial charge is 0.328 e. The van der Waals surface area contributed by atoms with Crippen LogP contribution in [0.3, 0.4) is 0 Å². The fraction of sp³-hybridized carbons (Fsp3) is 0.100. The summed E-state index contributed by atoms with van der Waals surface area (Å²) in [4.78, 5) is 11.4. The zero-order chi connectivity index (χ0) is 9.68. The molecule has 1 aromatic carbocycles. The molecular formula is C10H10O2S. The van der Waals surface area contributed by atoms with Gasteiger partial charge in [-0.3, -0.25) is 0 Å². The number of carbonyl (C=O) groups is 1. The van der Waals surface area contributed by atoms with Crippen LogP contribution in [0.4, 0.5) is 0 Å². The third-order valence-electron chi connectivity index (χ3n) is 1.53. The van der Waals surface area contributed by atoms with Crippen LogP contribution in [-0.2, 0) is 4.79 Å². The topological polar surface area (TPSA) is 37.3 Å². The highest BCUT2D eigenvalue weighted by molar-refractivity contribution is 7.98. The van der Waals surface area contributed by atoms with Gasteiger partial charge in [-0.25, -0.2) is 4.79 Å². The van der Waals surface area contributed by atoms with Gasteiger partial charge in [0.05, 0.1) is 0 Å². The van der Waals surface area contributed by atoms with Crippen LogP contribution in [0.1, 0.15) is 5.56 Å². The van der Waals surface area contributed by atoms with Crippen molar-refractivity contribution in [3.8, 4) is 0 Å². The summed E-state index contributed by atoms with van der Waals surface area (Å²) in [6, 6.07) is 7.72. The van der Waals surface area contributed by atoms with Crippen molar-refractivity contribution in [3.63, 3.8) is 0 Å². The van der Waals surface area contributed by atoms with Crippen LogP contribution in [0, 0.1) is 0 Å². The summed E-state index contributed by atoms with van der Waals surface area (Å²) in [5.74, 6) is -0.922. The van der Waals surface area contributed by atoms with Crippen molar-refractivity contribution in [1.29, 1.82) is 0 Å². The molecule has 0 aliphatic rings. The van der Waals surface area contributed by atoms with Crippen molar-refractivity contribution in [2.24, 2.45) is 0 Å². The monoisotopic (exact) mass is 194 g/mol. The molecule has 0 heterocycles. The minimum Gasteiger partial charge on any atom is -0.478 e. The van der Waals surface area contributed by atoms with E-state index in [2.05, 4.69) is 0 Å². The molecule has 0 atom stereocenters. The molecule has 68 valence electrons. The number of rotatable bonds is 3. The average molecular weight is 194 g/mol. The van der Waals surface area contributed by atoms with Gasteiger partial charge in [0.1, 0.15) is 0 Å². The molecule has 3 heteroatoms. The number of carboxylic acids is 1. The Hall–Kier alpha value is -1.22. The maximum Gasteiger partial charge on any atom is 0.328 e.